The number of carbonyl (C=O) groups is 5. The molecule has 1 aliphatic rings. The zero-order chi connectivity index (χ0) is 31.5. The molecule has 1 aliphatic heterocycles. The summed E-state index contributed by atoms with van der Waals surface area (Å²) in [6, 6.07) is 9.89. The quantitative estimate of drug-likeness (QED) is 0.0688. The predicted octanol–water partition coefficient (Wildman–Crippen LogP) is -0.157. The third kappa shape index (κ3) is 9.08. The summed E-state index contributed by atoms with van der Waals surface area (Å²) in [5.74, 6) is -2.57. The Balaban J connectivity index is 1.73. The van der Waals surface area contributed by atoms with Crippen molar-refractivity contribution in [3.63, 3.8) is 0 Å². The van der Waals surface area contributed by atoms with E-state index in [0.717, 1.165) is 0 Å². The van der Waals surface area contributed by atoms with Crippen molar-refractivity contribution in [2.75, 3.05) is 27.3 Å². The molecule has 1 heterocycles. The molecule has 2 aromatic rings. The van der Waals surface area contributed by atoms with Crippen LogP contribution in [-0.2, 0) is 19.2 Å². The number of carboxylic acid groups (broad SMARTS) is 1. The van der Waals surface area contributed by atoms with Crippen molar-refractivity contribution in [1.29, 1.82) is 0 Å². The minimum absolute atomic E-state index is 0.0978. The van der Waals surface area contributed by atoms with Gasteiger partial charge in [-0.05, 0) is 48.2 Å². The van der Waals surface area contributed by atoms with Crippen LogP contribution in [-0.4, -0.2) is 85.1 Å². The van der Waals surface area contributed by atoms with E-state index in [0.29, 0.717) is 33.9 Å². The summed E-state index contributed by atoms with van der Waals surface area (Å²) in [7, 11) is 3.04. The van der Waals surface area contributed by atoms with Crippen molar-refractivity contribution in [3.05, 3.63) is 59.7 Å². The molecule has 0 saturated carbocycles. The van der Waals surface area contributed by atoms with E-state index >= 15 is 0 Å². The molecule has 5 amide bonds. The normalized spacial score (nSPS) is 15.0. The number of hydrogen-bond donors (Lipinski definition) is 6. The molecule has 1 unspecified atom stereocenters. The fourth-order valence-corrected chi connectivity index (χ4v) is 4.39. The molecule has 0 aromatic heterocycles. The Hall–Kier alpha value is -5.34. The third-order valence-electron chi connectivity index (χ3n) is 6.57. The van der Waals surface area contributed by atoms with Crippen molar-refractivity contribution >= 4 is 35.7 Å². The van der Waals surface area contributed by atoms with E-state index < -0.39 is 60.8 Å². The van der Waals surface area contributed by atoms with Crippen molar-refractivity contribution in [3.8, 4) is 11.5 Å². The van der Waals surface area contributed by atoms with Crippen molar-refractivity contribution in [1.82, 2.24) is 20.9 Å². The van der Waals surface area contributed by atoms with Gasteiger partial charge in [0.25, 0.3) is 5.91 Å². The van der Waals surface area contributed by atoms with E-state index in [-0.39, 0.29) is 18.9 Å². The van der Waals surface area contributed by atoms with Crippen molar-refractivity contribution < 1.29 is 38.6 Å². The average Bonchev–Trinajstić information content (AvgIpc) is 3.24. The lowest BCUT2D eigenvalue weighted by Crippen LogP contribution is -2.51. The standard InChI is InChI=1S/C28H35N7O8/c1-42-18-9-5-16(6-10-18)24(17-7-11-19(43-2)12-8-17)34-25(39)21(14-23(37)38)32-22(36)15-35-26(40)20(33-28(35)41)4-3-13-31-27(29)30/h5-12,20-21,24H,3-4,13-15H2,1-2H3,(H,32,36)(H,33,41)(H,34,39)(H,37,38)(H4,29,30,31)/t20?,21-/m0/s1. The molecule has 0 aliphatic carbocycles. The maximum atomic E-state index is 13.4. The van der Waals surface area contributed by atoms with Crippen LogP contribution in [0.5, 0.6) is 11.5 Å². The van der Waals surface area contributed by atoms with Gasteiger partial charge in [-0.25, -0.2) is 4.79 Å². The third-order valence-corrected chi connectivity index (χ3v) is 6.57. The van der Waals surface area contributed by atoms with Gasteiger partial charge >= 0.3 is 12.0 Å². The molecule has 0 radical (unpaired) electrons. The van der Waals surface area contributed by atoms with Gasteiger partial charge in [-0.2, -0.15) is 0 Å². The Morgan fingerprint density at radius 1 is 0.977 bits per heavy atom. The highest BCUT2D eigenvalue weighted by atomic mass is 16.5. The van der Waals surface area contributed by atoms with Gasteiger partial charge in [0.05, 0.1) is 26.7 Å². The van der Waals surface area contributed by atoms with E-state index in [4.69, 9.17) is 20.9 Å². The summed E-state index contributed by atoms with van der Waals surface area (Å²) in [5, 5.41) is 17.1. The highest BCUT2D eigenvalue weighted by molar-refractivity contribution is 6.06. The number of rotatable bonds is 15. The lowest BCUT2D eigenvalue weighted by atomic mass is 9.97. The lowest BCUT2D eigenvalue weighted by Gasteiger charge is -2.24. The number of carbonyl (C=O) groups excluding carboxylic acids is 4. The zero-order valence-corrected chi connectivity index (χ0v) is 23.7. The maximum absolute atomic E-state index is 13.4. The molecule has 1 fully saturated rings. The molecule has 8 N–H and O–H groups in total. The summed E-state index contributed by atoms with van der Waals surface area (Å²) in [5.41, 5.74) is 11.9. The summed E-state index contributed by atoms with van der Waals surface area (Å²) in [6.45, 7) is -0.457. The van der Waals surface area contributed by atoms with E-state index in [1.54, 1.807) is 48.5 Å². The molecule has 2 aromatic carbocycles. The summed E-state index contributed by atoms with van der Waals surface area (Å²) in [4.78, 5) is 67.5. The average molecular weight is 598 g/mol. The van der Waals surface area contributed by atoms with Gasteiger partial charge in [0, 0.05) is 6.54 Å². The zero-order valence-electron chi connectivity index (χ0n) is 23.7. The second-order valence-electron chi connectivity index (χ2n) is 9.58. The molecule has 43 heavy (non-hydrogen) atoms. The molecule has 0 bridgehead atoms. The fraction of sp³-hybridized carbons (Fsp3) is 0.357. The Kier molecular flexibility index (Phi) is 11.3. The number of hydrogen-bond acceptors (Lipinski definition) is 8. The number of carboxylic acids is 1. The highest BCUT2D eigenvalue weighted by Crippen LogP contribution is 2.26. The van der Waals surface area contributed by atoms with Gasteiger partial charge in [-0.1, -0.05) is 24.3 Å². The number of benzene rings is 2. The lowest BCUT2D eigenvalue weighted by molar-refractivity contribution is -0.141. The van der Waals surface area contributed by atoms with Gasteiger partial charge in [0.15, 0.2) is 5.96 Å². The monoisotopic (exact) mass is 597 g/mol. The molecule has 15 heteroatoms. The molecule has 230 valence electrons. The maximum Gasteiger partial charge on any atom is 0.325 e. The van der Waals surface area contributed by atoms with Crippen LogP contribution >= 0.6 is 0 Å². The largest absolute Gasteiger partial charge is 0.497 e. The Labute approximate surface area is 247 Å². The molecule has 2 atom stereocenters. The van der Waals surface area contributed by atoms with Crippen LogP contribution in [0.25, 0.3) is 0 Å². The van der Waals surface area contributed by atoms with Crippen LogP contribution in [0.1, 0.15) is 36.4 Å². The molecular formula is C28H35N7O8. The second kappa shape index (κ2) is 15.0. The van der Waals surface area contributed by atoms with Crippen LogP contribution in [0.3, 0.4) is 0 Å². The van der Waals surface area contributed by atoms with Gasteiger partial charge in [-0.15, -0.1) is 0 Å². The molecule has 0 spiro atoms. The first-order chi connectivity index (χ1) is 20.5. The van der Waals surface area contributed by atoms with Crippen LogP contribution in [0.15, 0.2) is 53.5 Å². The van der Waals surface area contributed by atoms with Gasteiger partial charge in [0.2, 0.25) is 11.8 Å². The van der Waals surface area contributed by atoms with Crippen molar-refractivity contribution in [2.24, 2.45) is 16.5 Å². The number of imide groups is 1. The molecular weight excluding hydrogens is 562 g/mol. The van der Waals surface area contributed by atoms with E-state index in [9.17, 15) is 29.1 Å². The van der Waals surface area contributed by atoms with Crippen molar-refractivity contribution in [2.45, 2.75) is 37.4 Å². The minimum Gasteiger partial charge on any atom is -0.497 e. The van der Waals surface area contributed by atoms with Crippen LogP contribution in [0.4, 0.5) is 4.79 Å². The second-order valence-corrected chi connectivity index (χ2v) is 9.58. The number of methoxy groups -OCH3 is 2. The van der Waals surface area contributed by atoms with Gasteiger partial charge in [0.1, 0.15) is 30.1 Å². The summed E-state index contributed by atoms with van der Waals surface area (Å²) < 4.78 is 10.4. The predicted molar refractivity (Wildman–Crippen MR) is 154 cm³/mol. The van der Waals surface area contributed by atoms with Crippen LogP contribution in [0.2, 0.25) is 0 Å². The molecule has 3 rings (SSSR count). The number of guanidine groups is 1. The fourth-order valence-electron chi connectivity index (χ4n) is 4.39. The minimum atomic E-state index is -1.51. The number of urea groups is 1. The number of nitrogens with one attached hydrogen (secondary N) is 3. The number of ether oxygens (including phenoxy) is 2. The number of nitrogens with two attached hydrogens (primary N) is 2. The molecule has 15 nitrogen and oxygen atoms in total. The summed E-state index contributed by atoms with van der Waals surface area (Å²) >= 11 is 0. The molecule has 1 saturated heterocycles. The number of aliphatic carboxylic acids is 1. The Morgan fingerprint density at radius 2 is 1.53 bits per heavy atom. The first-order valence-corrected chi connectivity index (χ1v) is 13.3. The highest BCUT2D eigenvalue weighted by Gasteiger charge is 2.39. The summed E-state index contributed by atoms with van der Waals surface area (Å²) in [6.07, 6.45) is -0.107. The SMILES string of the molecule is COc1ccc(C(NC(=O)[C@H](CC(=O)O)NC(=O)CN2C(=O)NC(CCCN=C(N)N)C2=O)c2ccc(OC)cc2)cc1. The van der Waals surface area contributed by atoms with Gasteiger partial charge in [-0.3, -0.25) is 29.1 Å². The van der Waals surface area contributed by atoms with E-state index in [1.165, 1.54) is 14.2 Å². The first kappa shape index (κ1) is 32.2. The van der Waals surface area contributed by atoms with E-state index in [2.05, 4.69) is 20.9 Å². The first-order valence-electron chi connectivity index (χ1n) is 13.3. The number of amides is 5. The number of nitrogens with zero attached hydrogens (tertiary/aromatic N) is 2. The Morgan fingerprint density at radius 3 is 2.02 bits per heavy atom. The topological polar surface area (TPSA) is 228 Å². The van der Waals surface area contributed by atoms with E-state index in [1.807, 2.05) is 0 Å². The van der Waals surface area contributed by atoms with Crippen LogP contribution < -0.4 is 36.9 Å². The van der Waals surface area contributed by atoms with Crippen LogP contribution in [0, 0.1) is 0 Å². The number of aliphatic imine (C=N–C) groups is 1. The van der Waals surface area contributed by atoms with Gasteiger partial charge < -0.3 is 42.0 Å². The smallest absolute Gasteiger partial charge is 0.325 e. The Bertz CT molecular complexity index is 1300.